The zero-order chi connectivity index (χ0) is 17.4. The summed E-state index contributed by atoms with van der Waals surface area (Å²) >= 11 is 0. The molecule has 4 rings (SSSR count). The van der Waals surface area contributed by atoms with Crippen molar-refractivity contribution < 1.29 is 0 Å². The van der Waals surface area contributed by atoms with Gasteiger partial charge in [-0.3, -0.25) is 19.5 Å². The first kappa shape index (κ1) is 16.0. The molecule has 25 heavy (non-hydrogen) atoms. The molecule has 0 saturated carbocycles. The van der Waals surface area contributed by atoms with E-state index >= 15 is 0 Å². The van der Waals surface area contributed by atoms with Gasteiger partial charge in [0.25, 0.3) is 5.56 Å². The largest absolute Gasteiger partial charge is 0.309 e. The first-order chi connectivity index (χ1) is 12.1. The second kappa shape index (κ2) is 6.44. The maximum atomic E-state index is 12.2. The van der Waals surface area contributed by atoms with Crippen LogP contribution in [0.2, 0.25) is 0 Å². The molecule has 1 aliphatic carbocycles. The number of hydrogen-bond acceptors (Lipinski definition) is 5. The minimum Gasteiger partial charge on any atom is -0.309 e. The Morgan fingerprint density at radius 1 is 1.24 bits per heavy atom. The lowest BCUT2D eigenvalue weighted by Crippen LogP contribution is -2.22. The van der Waals surface area contributed by atoms with E-state index in [0.717, 1.165) is 25.1 Å². The van der Waals surface area contributed by atoms with Crippen molar-refractivity contribution in [1.82, 2.24) is 34.8 Å². The van der Waals surface area contributed by atoms with Crippen molar-refractivity contribution in [2.45, 2.75) is 45.2 Å². The average Bonchev–Trinajstić information content (AvgIpc) is 3.03. The van der Waals surface area contributed by atoms with Gasteiger partial charge in [-0.1, -0.05) is 6.42 Å². The van der Waals surface area contributed by atoms with E-state index in [1.165, 1.54) is 30.5 Å². The molecule has 0 atom stereocenters. The maximum absolute atomic E-state index is 12.2. The monoisotopic (exact) mass is 341 g/mol. The van der Waals surface area contributed by atoms with Gasteiger partial charge in [0.15, 0.2) is 5.65 Å². The highest BCUT2D eigenvalue weighted by Crippen LogP contribution is 2.22. The number of rotatable bonds is 4. The van der Waals surface area contributed by atoms with E-state index in [2.05, 4.69) is 30.2 Å². The summed E-state index contributed by atoms with van der Waals surface area (Å²) in [7, 11) is 3.81. The third kappa shape index (κ3) is 3.09. The van der Waals surface area contributed by atoms with Crippen LogP contribution >= 0.6 is 0 Å². The maximum Gasteiger partial charge on any atom is 0.262 e. The normalized spacial score (nSPS) is 14.8. The van der Waals surface area contributed by atoms with Gasteiger partial charge in [0.2, 0.25) is 0 Å². The Morgan fingerprint density at radius 2 is 2.08 bits per heavy atom. The zero-order valence-corrected chi connectivity index (χ0v) is 14.7. The number of fused-ring (bicyclic) bond motifs is 2. The summed E-state index contributed by atoms with van der Waals surface area (Å²) in [6, 6.07) is 0. The molecule has 2 N–H and O–H groups in total. The summed E-state index contributed by atoms with van der Waals surface area (Å²) in [5.41, 5.74) is 4.26. The Balaban J connectivity index is 1.53. The van der Waals surface area contributed by atoms with Gasteiger partial charge in [-0.15, -0.1) is 0 Å². The van der Waals surface area contributed by atoms with Crippen molar-refractivity contribution in [3.8, 4) is 0 Å². The number of nitrogens with one attached hydrogen (secondary N) is 2. The summed E-state index contributed by atoms with van der Waals surface area (Å²) in [4.78, 5) is 21.7. The Kier molecular flexibility index (Phi) is 4.12. The third-order valence-corrected chi connectivity index (χ3v) is 4.88. The van der Waals surface area contributed by atoms with Crippen molar-refractivity contribution in [3.63, 3.8) is 0 Å². The second-order valence-corrected chi connectivity index (χ2v) is 6.88. The van der Waals surface area contributed by atoms with Crippen molar-refractivity contribution in [3.05, 3.63) is 39.3 Å². The lowest BCUT2D eigenvalue weighted by molar-refractivity contribution is 0.305. The molecular weight excluding hydrogens is 318 g/mol. The molecule has 3 heterocycles. The van der Waals surface area contributed by atoms with Gasteiger partial charge in [-0.25, -0.2) is 4.98 Å². The summed E-state index contributed by atoms with van der Waals surface area (Å²) in [5.74, 6) is 0.644. The fourth-order valence-corrected chi connectivity index (χ4v) is 3.58. The van der Waals surface area contributed by atoms with Crippen LogP contribution in [0.15, 0.2) is 11.0 Å². The number of aromatic nitrogens is 6. The number of hydrogen-bond donors (Lipinski definition) is 2. The molecule has 0 fully saturated rings. The average molecular weight is 341 g/mol. The summed E-state index contributed by atoms with van der Waals surface area (Å²) in [6.07, 6.45) is 7.50. The molecule has 1 aliphatic rings. The van der Waals surface area contributed by atoms with Gasteiger partial charge >= 0.3 is 0 Å². The predicted octanol–water partition coefficient (Wildman–Crippen LogP) is 1.28. The topological polar surface area (TPSA) is 95.5 Å². The Labute approximate surface area is 145 Å². The van der Waals surface area contributed by atoms with E-state index in [4.69, 9.17) is 0 Å². The van der Waals surface area contributed by atoms with E-state index in [1.54, 1.807) is 17.9 Å². The molecule has 8 nitrogen and oxygen atoms in total. The molecule has 0 amide bonds. The first-order valence-electron chi connectivity index (χ1n) is 8.76. The molecule has 3 aromatic heterocycles. The second-order valence-electron chi connectivity index (χ2n) is 6.88. The molecular formula is C17H23N7O. The Morgan fingerprint density at radius 3 is 2.96 bits per heavy atom. The third-order valence-electron chi connectivity index (χ3n) is 4.88. The van der Waals surface area contributed by atoms with Crippen LogP contribution in [0, 0.1) is 0 Å². The molecule has 0 aliphatic heterocycles. The Bertz CT molecular complexity index is 952. The molecule has 0 bridgehead atoms. The molecule has 3 aromatic rings. The molecule has 0 unspecified atom stereocenters. The van der Waals surface area contributed by atoms with Crippen LogP contribution < -0.4 is 5.56 Å². The van der Waals surface area contributed by atoms with Gasteiger partial charge in [0.1, 0.15) is 11.2 Å². The minimum atomic E-state index is -0.143. The van der Waals surface area contributed by atoms with Crippen molar-refractivity contribution in [1.29, 1.82) is 0 Å². The molecule has 8 heteroatoms. The standard InChI is InChI=1S/C17H23N7O/c1-23(9-14-11-6-4-3-5-7-13(11)21-22-14)10-15-19-16-12(17(25)20-15)8-18-24(16)2/h8H,3-7,9-10H2,1-2H3,(H,21,22)(H,19,20,25). The number of aryl methyl sites for hydroxylation is 2. The quantitative estimate of drug-likeness (QED) is 0.697. The van der Waals surface area contributed by atoms with Crippen LogP contribution in [0.3, 0.4) is 0 Å². The van der Waals surface area contributed by atoms with E-state index in [-0.39, 0.29) is 5.56 Å². The SMILES string of the molecule is CN(Cc1nc2c(cnn2C)c(=O)[nH]1)Cc1n[nH]c2c1CCCCC2. The zero-order valence-electron chi connectivity index (χ0n) is 14.7. The van der Waals surface area contributed by atoms with Crippen LogP contribution in [0.4, 0.5) is 0 Å². The minimum absolute atomic E-state index is 0.143. The van der Waals surface area contributed by atoms with Crippen LogP contribution in [0.5, 0.6) is 0 Å². The van der Waals surface area contributed by atoms with Gasteiger partial charge < -0.3 is 4.98 Å². The first-order valence-corrected chi connectivity index (χ1v) is 8.76. The number of aromatic amines is 2. The predicted molar refractivity (Wildman–Crippen MR) is 94.1 cm³/mol. The van der Waals surface area contributed by atoms with Crippen LogP contribution in [0.25, 0.3) is 11.0 Å². The van der Waals surface area contributed by atoms with Crippen molar-refractivity contribution in [2.24, 2.45) is 7.05 Å². The molecule has 0 spiro atoms. The molecule has 0 radical (unpaired) electrons. The van der Waals surface area contributed by atoms with Gasteiger partial charge in [0, 0.05) is 19.3 Å². The van der Waals surface area contributed by atoms with Gasteiger partial charge in [-0.2, -0.15) is 10.2 Å². The lowest BCUT2D eigenvalue weighted by atomic mass is 10.1. The number of nitrogens with zero attached hydrogens (tertiary/aromatic N) is 5. The molecule has 0 saturated heterocycles. The summed E-state index contributed by atoms with van der Waals surface area (Å²) in [6.45, 7) is 1.29. The van der Waals surface area contributed by atoms with Crippen LogP contribution in [0.1, 0.15) is 42.0 Å². The lowest BCUT2D eigenvalue weighted by Gasteiger charge is -2.15. The van der Waals surface area contributed by atoms with Crippen LogP contribution in [-0.4, -0.2) is 41.9 Å². The van der Waals surface area contributed by atoms with E-state index in [0.29, 0.717) is 23.4 Å². The van der Waals surface area contributed by atoms with Gasteiger partial charge in [0.05, 0.1) is 18.4 Å². The molecule has 0 aromatic carbocycles. The highest BCUT2D eigenvalue weighted by molar-refractivity contribution is 5.72. The van der Waals surface area contributed by atoms with Gasteiger partial charge in [-0.05, 0) is 38.3 Å². The summed E-state index contributed by atoms with van der Waals surface area (Å²) < 4.78 is 1.63. The van der Waals surface area contributed by atoms with E-state index in [9.17, 15) is 4.79 Å². The fourth-order valence-electron chi connectivity index (χ4n) is 3.58. The van der Waals surface area contributed by atoms with E-state index in [1.807, 2.05) is 7.05 Å². The highest BCUT2D eigenvalue weighted by atomic mass is 16.1. The number of H-pyrrole nitrogens is 2. The highest BCUT2D eigenvalue weighted by Gasteiger charge is 2.17. The smallest absolute Gasteiger partial charge is 0.262 e. The van der Waals surface area contributed by atoms with Crippen molar-refractivity contribution >= 4 is 11.0 Å². The fraction of sp³-hybridized carbons (Fsp3) is 0.529. The summed E-state index contributed by atoms with van der Waals surface area (Å²) in [5, 5.41) is 12.4. The van der Waals surface area contributed by atoms with Crippen molar-refractivity contribution in [2.75, 3.05) is 7.05 Å². The van der Waals surface area contributed by atoms with Crippen LogP contribution in [-0.2, 0) is 33.0 Å². The van der Waals surface area contributed by atoms with E-state index < -0.39 is 0 Å². The molecule has 132 valence electrons. The Hall–Kier alpha value is -2.48.